The highest BCUT2D eigenvalue weighted by Gasteiger charge is 2.08. The van der Waals surface area contributed by atoms with Crippen molar-refractivity contribution >= 4 is 57.0 Å². The summed E-state index contributed by atoms with van der Waals surface area (Å²) < 4.78 is 0. The molecule has 0 heterocycles. The van der Waals surface area contributed by atoms with Gasteiger partial charge >= 0.3 is 0 Å². The lowest BCUT2D eigenvalue weighted by Gasteiger charge is -2.10. The zero-order valence-electron chi connectivity index (χ0n) is 34.4. The second kappa shape index (κ2) is 17.7. The maximum atomic E-state index is 2.30. The van der Waals surface area contributed by atoms with Gasteiger partial charge in [0.25, 0.3) is 0 Å². The van der Waals surface area contributed by atoms with Crippen molar-refractivity contribution in [1.29, 1.82) is 0 Å². The van der Waals surface area contributed by atoms with E-state index in [0.717, 1.165) is 0 Å². The van der Waals surface area contributed by atoms with Gasteiger partial charge in [-0.1, -0.05) is 231 Å². The van der Waals surface area contributed by atoms with Crippen molar-refractivity contribution in [1.82, 2.24) is 0 Å². The zero-order chi connectivity index (χ0) is 41.5. The van der Waals surface area contributed by atoms with Crippen molar-refractivity contribution in [2.45, 2.75) is 0 Å². The maximum absolute atomic E-state index is 2.30. The lowest BCUT2D eigenvalue weighted by molar-refractivity contribution is 1.55. The summed E-state index contributed by atoms with van der Waals surface area (Å²) in [5.74, 6) is 0. The van der Waals surface area contributed by atoms with Crippen LogP contribution in [-0.2, 0) is 0 Å². The largest absolute Gasteiger partial charge is 0.0622 e. The van der Waals surface area contributed by atoms with E-state index in [1.54, 1.807) is 0 Å². The second-order valence-electron chi connectivity index (χ2n) is 15.8. The minimum Gasteiger partial charge on any atom is -0.0622 e. The summed E-state index contributed by atoms with van der Waals surface area (Å²) in [4.78, 5) is 0. The average Bonchev–Trinajstić information content (AvgIpc) is 3.35. The summed E-state index contributed by atoms with van der Waals surface area (Å²) in [7, 11) is 0. The Morgan fingerprint density at radius 2 is 0.500 bits per heavy atom. The number of benzene rings is 10. The monoisotopic (exact) mass is 788 g/mol. The first-order valence-corrected chi connectivity index (χ1v) is 21.3. The lowest BCUT2D eigenvalue weighted by Crippen LogP contribution is -1.88. The van der Waals surface area contributed by atoms with E-state index in [4.69, 9.17) is 0 Å². The third-order valence-corrected chi connectivity index (χ3v) is 11.6. The Kier molecular flexibility index (Phi) is 10.9. The molecule has 0 spiro atoms. The van der Waals surface area contributed by atoms with Crippen LogP contribution in [0.5, 0.6) is 0 Å². The third kappa shape index (κ3) is 8.63. The van der Waals surface area contributed by atoms with Gasteiger partial charge < -0.3 is 0 Å². The molecule has 10 aromatic carbocycles. The molecule has 62 heavy (non-hydrogen) atoms. The van der Waals surface area contributed by atoms with E-state index in [1.165, 1.54) is 99.5 Å². The van der Waals surface area contributed by atoms with E-state index >= 15 is 0 Å². The Morgan fingerprint density at radius 3 is 0.839 bits per heavy atom. The Bertz CT molecular complexity index is 2900. The molecule has 0 saturated heterocycles. The van der Waals surface area contributed by atoms with E-state index in [2.05, 4.69) is 267 Å². The third-order valence-electron chi connectivity index (χ3n) is 11.6. The molecule has 10 aromatic rings. The Labute approximate surface area is 364 Å². The molecule has 0 fully saturated rings. The Morgan fingerprint density at radius 1 is 0.226 bits per heavy atom. The van der Waals surface area contributed by atoms with Crippen LogP contribution in [0.2, 0.25) is 0 Å². The number of hydrogen-bond donors (Lipinski definition) is 0. The van der Waals surface area contributed by atoms with Gasteiger partial charge in [0.1, 0.15) is 0 Å². The van der Waals surface area contributed by atoms with Gasteiger partial charge in [-0.2, -0.15) is 0 Å². The summed E-state index contributed by atoms with van der Waals surface area (Å²) in [5.41, 5.74) is 16.8. The summed E-state index contributed by atoms with van der Waals surface area (Å²) in [6, 6.07) is 87.2. The van der Waals surface area contributed by atoms with Crippen molar-refractivity contribution in [2.75, 3.05) is 0 Å². The summed E-state index contributed by atoms with van der Waals surface area (Å²) in [6.07, 6.45) is 8.99. The van der Waals surface area contributed by atoms with Gasteiger partial charge in [-0.15, -0.1) is 0 Å². The minimum absolute atomic E-state index is 1.18. The van der Waals surface area contributed by atoms with Crippen LogP contribution in [0.15, 0.2) is 243 Å². The van der Waals surface area contributed by atoms with Crippen LogP contribution in [0, 0.1) is 0 Å². The molecule has 0 atom stereocenters. The van der Waals surface area contributed by atoms with E-state index in [-0.39, 0.29) is 0 Å². The first-order valence-electron chi connectivity index (χ1n) is 21.3. The lowest BCUT2D eigenvalue weighted by atomic mass is 9.94. The highest BCUT2D eigenvalue weighted by molar-refractivity contribution is 5.95. The molecule has 0 aliphatic rings. The predicted octanol–water partition coefficient (Wildman–Crippen LogP) is 16.7. The van der Waals surface area contributed by atoms with Crippen molar-refractivity contribution in [3.63, 3.8) is 0 Å². The number of fused-ring (bicyclic) bond motifs is 2. The van der Waals surface area contributed by atoms with Crippen LogP contribution in [0.3, 0.4) is 0 Å². The first-order chi connectivity index (χ1) is 30.7. The summed E-state index contributed by atoms with van der Waals surface area (Å²) >= 11 is 0. The summed E-state index contributed by atoms with van der Waals surface area (Å²) in [6.45, 7) is 0. The zero-order valence-corrected chi connectivity index (χ0v) is 34.4. The molecule has 10 rings (SSSR count). The number of hydrogen-bond acceptors (Lipinski definition) is 0. The van der Waals surface area contributed by atoms with Gasteiger partial charge in [-0.25, -0.2) is 0 Å². The fourth-order valence-corrected chi connectivity index (χ4v) is 8.30. The minimum atomic E-state index is 1.18. The molecule has 0 amide bonds. The molecule has 0 aromatic heterocycles. The standard InChI is InChI=1S/C62H44/c1-5-13-51(14-6-1)61(52-15-7-2-8-16-52)41-47-23-29-49(30-24-47)57-37-35-55-39-45(27-33-59(55)43-57)21-22-46-28-34-60-44-58(38-36-56(60)40-46)50-31-25-48(26-32-50)42-62(53-17-9-3-10-18-53)54-19-11-4-12-20-54/h1-44H/b22-21+. The smallest absolute Gasteiger partial charge is 0.0105 e. The first kappa shape index (κ1) is 38.2. The van der Waals surface area contributed by atoms with Gasteiger partial charge in [-0.3, -0.25) is 0 Å². The van der Waals surface area contributed by atoms with Crippen LogP contribution in [-0.4, -0.2) is 0 Å². The highest BCUT2D eigenvalue weighted by atomic mass is 14.1. The second-order valence-corrected chi connectivity index (χ2v) is 15.8. The normalized spacial score (nSPS) is 11.2. The van der Waals surface area contributed by atoms with E-state index < -0.39 is 0 Å². The van der Waals surface area contributed by atoms with Crippen molar-refractivity contribution in [2.24, 2.45) is 0 Å². The van der Waals surface area contributed by atoms with E-state index in [9.17, 15) is 0 Å². The van der Waals surface area contributed by atoms with Gasteiger partial charge in [0, 0.05) is 0 Å². The molecule has 0 heteroatoms. The SMILES string of the molecule is C(=C(c1ccccc1)c1ccccc1)c1ccc(-c2ccc3cc(/C=C/c4ccc5cc(-c6ccc(C=C(c7ccccc7)c7ccccc7)cc6)ccc5c4)ccc3c2)cc1. The van der Waals surface area contributed by atoms with Gasteiger partial charge in [-0.05, 0) is 136 Å². The average molecular weight is 789 g/mol. The van der Waals surface area contributed by atoms with Crippen LogP contribution in [0.25, 0.3) is 79.2 Å². The van der Waals surface area contributed by atoms with Crippen LogP contribution >= 0.6 is 0 Å². The quantitative estimate of drug-likeness (QED) is 0.121. The predicted molar refractivity (Wildman–Crippen MR) is 267 cm³/mol. The van der Waals surface area contributed by atoms with Gasteiger partial charge in [0.2, 0.25) is 0 Å². The molecule has 0 saturated carbocycles. The number of rotatable bonds is 10. The molecule has 0 N–H and O–H groups in total. The summed E-state index contributed by atoms with van der Waals surface area (Å²) in [5, 5.41) is 4.93. The topological polar surface area (TPSA) is 0 Å². The van der Waals surface area contributed by atoms with E-state index in [0.29, 0.717) is 0 Å². The molecule has 292 valence electrons. The molecule has 0 aliphatic heterocycles. The van der Waals surface area contributed by atoms with Crippen LogP contribution in [0.4, 0.5) is 0 Å². The molecule has 0 bridgehead atoms. The molecule has 0 radical (unpaired) electrons. The van der Waals surface area contributed by atoms with Crippen molar-refractivity contribution in [3.05, 3.63) is 287 Å². The van der Waals surface area contributed by atoms with Crippen LogP contribution in [0.1, 0.15) is 44.5 Å². The Balaban J connectivity index is 0.827. The van der Waals surface area contributed by atoms with Gasteiger partial charge in [0.15, 0.2) is 0 Å². The van der Waals surface area contributed by atoms with E-state index in [1.807, 2.05) is 0 Å². The van der Waals surface area contributed by atoms with Gasteiger partial charge in [0.05, 0.1) is 0 Å². The molecular formula is C62H44. The highest BCUT2D eigenvalue weighted by Crippen LogP contribution is 2.32. The molecule has 0 nitrogen and oxygen atoms in total. The maximum Gasteiger partial charge on any atom is -0.0105 e. The Hall–Kier alpha value is -8.06. The molecule has 0 unspecified atom stereocenters. The molecular weight excluding hydrogens is 745 g/mol. The fourth-order valence-electron chi connectivity index (χ4n) is 8.30. The van der Waals surface area contributed by atoms with Crippen molar-refractivity contribution in [3.8, 4) is 22.3 Å². The molecule has 0 aliphatic carbocycles. The van der Waals surface area contributed by atoms with Crippen LogP contribution < -0.4 is 0 Å². The fraction of sp³-hybridized carbons (Fsp3) is 0. The van der Waals surface area contributed by atoms with Crippen molar-refractivity contribution < 1.29 is 0 Å².